The average molecular weight is 610 g/mol. The number of morpholine rings is 1. The summed E-state index contributed by atoms with van der Waals surface area (Å²) in [5, 5.41) is 14.0. The van der Waals surface area contributed by atoms with Crippen LogP contribution < -0.4 is 10.1 Å². The molecule has 0 saturated carbocycles. The summed E-state index contributed by atoms with van der Waals surface area (Å²) in [5.74, 6) is 0.190. The van der Waals surface area contributed by atoms with Crippen molar-refractivity contribution in [1.29, 1.82) is 0 Å². The highest BCUT2D eigenvalue weighted by molar-refractivity contribution is 5.98. The molecular formula is C33H43N3O8. The number of ether oxygens (including phenoxy) is 4. The lowest BCUT2D eigenvalue weighted by atomic mass is 9.91. The van der Waals surface area contributed by atoms with E-state index in [4.69, 9.17) is 18.9 Å². The minimum Gasteiger partial charge on any atom is -0.468 e. The van der Waals surface area contributed by atoms with Crippen LogP contribution in [0.5, 0.6) is 5.75 Å². The fourth-order valence-corrected chi connectivity index (χ4v) is 6.18. The summed E-state index contributed by atoms with van der Waals surface area (Å²) >= 11 is 0. The molecule has 5 rings (SSSR count). The standard InChI is InChI=1S/C33H43N3O8/c1-33(2,3)44-32(40)35-17-24-14-27(43-20-41-4)13-12-23(24)15-28(35)29(37)16-34-30(38)21-8-10-22(11-9-21)31(39)36-25-6-5-7-26(36)19-42-18-25/h8-14,25-26,28-29,37H,5-7,15-20H2,1-4H3,(H,34,38)/t25?,26?,28-,29+/m0/s1. The van der Waals surface area contributed by atoms with Crippen LogP contribution in [0.15, 0.2) is 42.5 Å². The van der Waals surface area contributed by atoms with Gasteiger partial charge in [0.1, 0.15) is 11.4 Å². The number of carbonyl (C=O) groups excluding carboxylic acids is 3. The Bertz CT molecular complexity index is 1320. The van der Waals surface area contributed by atoms with E-state index in [1.165, 1.54) is 4.90 Å². The highest BCUT2D eigenvalue weighted by Crippen LogP contribution is 2.31. The second-order valence-corrected chi connectivity index (χ2v) is 12.7. The van der Waals surface area contributed by atoms with E-state index in [2.05, 4.69) is 5.32 Å². The Kier molecular flexibility index (Phi) is 9.77. The van der Waals surface area contributed by atoms with Crippen LogP contribution in [0.4, 0.5) is 4.79 Å². The van der Waals surface area contributed by atoms with Crippen molar-refractivity contribution >= 4 is 17.9 Å². The van der Waals surface area contributed by atoms with Crippen molar-refractivity contribution in [2.45, 2.75) is 82.8 Å². The van der Waals surface area contributed by atoms with E-state index < -0.39 is 23.8 Å². The average Bonchev–Trinajstić information content (AvgIpc) is 3.00. The molecule has 3 aliphatic rings. The molecule has 2 fully saturated rings. The van der Waals surface area contributed by atoms with E-state index in [0.717, 1.165) is 30.4 Å². The number of piperidine rings is 1. The lowest BCUT2D eigenvalue weighted by Gasteiger charge is -2.45. The van der Waals surface area contributed by atoms with Gasteiger partial charge in [-0.3, -0.25) is 14.5 Å². The molecule has 11 nitrogen and oxygen atoms in total. The van der Waals surface area contributed by atoms with Gasteiger partial charge in [0.2, 0.25) is 0 Å². The van der Waals surface area contributed by atoms with Crippen LogP contribution >= 0.6 is 0 Å². The molecule has 2 bridgehead atoms. The monoisotopic (exact) mass is 609 g/mol. The van der Waals surface area contributed by atoms with E-state index >= 15 is 0 Å². The summed E-state index contributed by atoms with van der Waals surface area (Å²) in [6, 6.07) is 11.7. The topological polar surface area (TPSA) is 127 Å². The maximum absolute atomic E-state index is 13.3. The third-order valence-corrected chi connectivity index (χ3v) is 8.35. The summed E-state index contributed by atoms with van der Waals surface area (Å²) in [6.07, 6.45) is 1.73. The van der Waals surface area contributed by atoms with Crippen molar-refractivity contribution in [2.24, 2.45) is 0 Å². The fourth-order valence-electron chi connectivity index (χ4n) is 6.18. The van der Waals surface area contributed by atoms with Crippen molar-refractivity contribution in [2.75, 3.05) is 33.7 Å². The molecule has 0 spiro atoms. The first-order chi connectivity index (χ1) is 21.0. The SMILES string of the molecule is COCOc1ccc2c(c1)CN(C(=O)OC(C)(C)C)[C@H]([C@H](O)CNC(=O)c1ccc(C(=O)N3C4CCCC3COC4)cc1)C2. The first kappa shape index (κ1) is 31.7. The van der Waals surface area contributed by atoms with E-state index in [0.29, 0.717) is 36.5 Å². The minimum absolute atomic E-state index is 0.0393. The fraction of sp³-hybridized carbons (Fsp3) is 0.545. The van der Waals surface area contributed by atoms with Gasteiger partial charge in [-0.05, 0) is 94.0 Å². The quantitative estimate of drug-likeness (QED) is 0.436. The largest absolute Gasteiger partial charge is 0.468 e. The maximum Gasteiger partial charge on any atom is 0.410 e. The van der Waals surface area contributed by atoms with Gasteiger partial charge >= 0.3 is 6.09 Å². The molecule has 44 heavy (non-hydrogen) atoms. The highest BCUT2D eigenvalue weighted by atomic mass is 16.7. The van der Waals surface area contributed by atoms with Crippen LogP contribution in [0, 0.1) is 0 Å². The molecule has 0 radical (unpaired) electrons. The molecule has 4 atom stereocenters. The van der Waals surface area contributed by atoms with Crippen molar-refractivity contribution in [3.63, 3.8) is 0 Å². The second kappa shape index (κ2) is 13.5. The number of hydrogen-bond donors (Lipinski definition) is 2. The molecule has 238 valence electrons. The third kappa shape index (κ3) is 7.34. The molecule has 2 saturated heterocycles. The Morgan fingerprint density at radius 2 is 1.70 bits per heavy atom. The van der Waals surface area contributed by atoms with Gasteiger partial charge in [0, 0.05) is 31.3 Å². The minimum atomic E-state index is -1.06. The predicted octanol–water partition coefficient (Wildman–Crippen LogP) is 3.52. The molecule has 2 aromatic carbocycles. The number of carbonyl (C=O) groups is 3. The molecule has 2 aromatic rings. The van der Waals surface area contributed by atoms with Crippen molar-refractivity contribution in [3.05, 3.63) is 64.7 Å². The van der Waals surface area contributed by atoms with Crippen molar-refractivity contribution in [3.8, 4) is 5.75 Å². The number of aliphatic hydroxyl groups excluding tert-OH is 1. The first-order valence-corrected chi connectivity index (χ1v) is 15.2. The zero-order valence-electron chi connectivity index (χ0n) is 25.9. The third-order valence-electron chi connectivity index (χ3n) is 8.35. The van der Waals surface area contributed by atoms with Gasteiger partial charge in [0.15, 0.2) is 6.79 Å². The summed E-state index contributed by atoms with van der Waals surface area (Å²) in [7, 11) is 1.54. The number of amides is 3. The van der Waals surface area contributed by atoms with Crippen LogP contribution in [0.1, 0.15) is 71.9 Å². The Labute approximate surface area is 258 Å². The Balaban J connectivity index is 1.24. The smallest absolute Gasteiger partial charge is 0.410 e. The molecule has 3 aliphatic heterocycles. The van der Waals surface area contributed by atoms with Crippen LogP contribution in [0.2, 0.25) is 0 Å². The van der Waals surface area contributed by atoms with Crippen molar-refractivity contribution < 1.29 is 38.4 Å². The van der Waals surface area contributed by atoms with Gasteiger partial charge in [0.25, 0.3) is 11.8 Å². The van der Waals surface area contributed by atoms with E-state index in [1.54, 1.807) is 52.1 Å². The zero-order chi connectivity index (χ0) is 31.4. The van der Waals surface area contributed by atoms with Crippen LogP contribution in [-0.2, 0) is 27.2 Å². The van der Waals surface area contributed by atoms with Crippen molar-refractivity contribution in [1.82, 2.24) is 15.1 Å². The van der Waals surface area contributed by atoms with E-state index in [9.17, 15) is 19.5 Å². The maximum atomic E-state index is 13.3. The molecular weight excluding hydrogens is 566 g/mol. The predicted molar refractivity (Wildman–Crippen MR) is 161 cm³/mol. The summed E-state index contributed by atoms with van der Waals surface area (Å²) in [6.45, 7) is 6.72. The number of nitrogens with zero attached hydrogens (tertiary/aromatic N) is 2. The lowest BCUT2D eigenvalue weighted by Crippen LogP contribution is -2.57. The Hall–Kier alpha value is -3.67. The Morgan fingerprint density at radius 1 is 1.02 bits per heavy atom. The number of methoxy groups -OCH3 is 1. The number of fused-ring (bicyclic) bond motifs is 3. The number of rotatable bonds is 8. The zero-order valence-corrected chi connectivity index (χ0v) is 25.9. The molecule has 3 heterocycles. The molecule has 2 unspecified atom stereocenters. The molecule has 11 heteroatoms. The van der Waals surface area contributed by atoms with Gasteiger partial charge in [-0.2, -0.15) is 0 Å². The van der Waals surface area contributed by atoms with Crippen LogP contribution in [0.25, 0.3) is 0 Å². The molecule has 2 N–H and O–H groups in total. The number of hydrogen-bond acceptors (Lipinski definition) is 8. The summed E-state index contributed by atoms with van der Waals surface area (Å²) in [4.78, 5) is 43.0. The first-order valence-electron chi connectivity index (χ1n) is 15.2. The van der Waals surface area contributed by atoms with Gasteiger partial charge in [0.05, 0.1) is 37.4 Å². The number of aliphatic hydroxyl groups is 1. The number of nitrogens with one attached hydrogen (secondary N) is 1. The van der Waals surface area contributed by atoms with Gasteiger partial charge in [-0.25, -0.2) is 4.79 Å². The van der Waals surface area contributed by atoms with Gasteiger partial charge in [-0.15, -0.1) is 0 Å². The van der Waals surface area contributed by atoms with Crippen LogP contribution in [-0.4, -0.2) is 96.3 Å². The Morgan fingerprint density at radius 3 is 2.36 bits per heavy atom. The normalized spacial score (nSPS) is 22.1. The highest BCUT2D eigenvalue weighted by Gasteiger charge is 2.39. The summed E-state index contributed by atoms with van der Waals surface area (Å²) in [5.41, 5.74) is 2.03. The molecule has 3 amide bonds. The number of benzene rings is 2. The molecule has 0 aromatic heterocycles. The second-order valence-electron chi connectivity index (χ2n) is 12.7. The summed E-state index contributed by atoms with van der Waals surface area (Å²) < 4.78 is 21.9. The molecule has 0 aliphatic carbocycles. The van der Waals surface area contributed by atoms with Crippen LogP contribution in [0.3, 0.4) is 0 Å². The van der Waals surface area contributed by atoms with E-state index in [1.807, 2.05) is 23.1 Å². The van der Waals surface area contributed by atoms with Gasteiger partial charge < -0.3 is 34.3 Å². The lowest BCUT2D eigenvalue weighted by molar-refractivity contribution is -0.0565. The van der Waals surface area contributed by atoms with E-state index in [-0.39, 0.29) is 43.8 Å². The van der Waals surface area contributed by atoms with Gasteiger partial charge in [-0.1, -0.05) is 6.07 Å².